The molecule has 0 fully saturated rings. The standard InChI is InChI=1S/C17H13Cl3N2O2S2/c1-10-15(25-17(22-10)11-5-3-2-4-6-11)9-21-26(23,24)16-8-13(19)12(18)7-14(16)20/h2-8,21H,9H2,1H3. The second kappa shape index (κ2) is 7.84. The van der Waals surface area contributed by atoms with Crippen LogP contribution in [0, 0.1) is 6.92 Å². The number of aryl methyl sites for hydroxylation is 1. The van der Waals surface area contributed by atoms with Gasteiger partial charge in [-0.1, -0.05) is 65.1 Å². The number of hydrogen-bond donors (Lipinski definition) is 1. The number of rotatable bonds is 5. The van der Waals surface area contributed by atoms with E-state index in [0.717, 1.165) is 21.1 Å². The van der Waals surface area contributed by atoms with Gasteiger partial charge >= 0.3 is 0 Å². The number of nitrogens with one attached hydrogen (secondary N) is 1. The highest BCUT2D eigenvalue weighted by atomic mass is 35.5. The van der Waals surface area contributed by atoms with Crippen LogP contribution >= 0.6 is 46.1 Å². The molecule has 1 aromatic heterocycles. The summed E-state index contributed by atoms with van der Waals surface area (Å²) >= 11 is 19.2. The molecule has 0 aliphatic carbocycles. The highest BCUT2D eigenvalue weighted by Gasteiger charge is 2.21. The maximum atomic E-state index is 12.6. The lowest BCUT2D eigenvalue weighted by Crippen LogP contribution is -2.23. The van der Waals surface area contributed by atoms with Gasteiger partial charge in [0.25, 0.3) is 0 Å². The summed E-state index contributed by atoms with van der Waals surface area (Å²) in [5.74, 6) is 0. The SMILES string of the molecule is Cc1nc(-c2ccccc2)sc1CNS(=O)(=O)c1cc(Cl)c(Cl)cc1Cl. The van der Waals surface area contributed by atoms with Crippen LogP contribution in [0.1, 0.15) is 10.6 Å². The van der Waals surface area contributed by atoms with Crippen molar-refractivity contribution in [3.63, 3.8) is 0 Å². The lowest BCUT2D eigenvalue weighted by Gasteiger charge is -2.09. The molecule has 0 saturated heterocycles. The van der Waals surface area contributed by atoms with Crippen LogP contribution in [-0.2, 0) is 16.6 Å². The first-order valence-electron chi connectivity index (χ1n) is 7.44. The quantitative estimate of drug-likeness (QED) is 0.521. The van der Waals surface area contributed by atoms with E-state index in [9.17, 15) is 8.42 Å². The molecule has 3 aromatic rings. The van der Waals surface area contributed by atoms with E-state index in [1.807, 2.05) is 37.3 Å². The van der Waals surface area contributed by atoms with Crippen molar-refractivity contribution in [2.45, 2.75) is 18.4 Å². The predicted molar refractivity (Wildman–Crippen MR) is 108 cm³/mol. The molecule has 26 heavy (non-hydrogen) atoms. The minimum absolute atomic E-state index is 0.0119. The van der Waals surface area contributed by atoms with E-state index in [1.54, 1.807) is 0 Å². The van der Waals surface area contributed by atoms with Gasteiger partial charge in [-0.25, -0.2) is 18.1 Å². The fourth-order valence-electron chi connectivity index (χ4n) is 2.24. The van der Waals surface area contributed by atoms with Crippen LogP contribution < -0.4 is 4.72 Å². The Kier molecular flexibility index (Phi) is 5.91. The van der Waals surface area contributed by atoms with E-state index in [0.29, 0.717) is 0 Å². The molecule has 1 heterocycles. The molecule has 2 aromatic carbocycles. The van der Waals surface area contributed by atoms with Gasteiger partial charge in [-0.15, -0.1) is 11.3 Å². The minimum Gasteiger partial charge on any atom is -0.241 e. The van der Waals surface area contributed by atoms with Gasteiger partial charge in [-0.05, 0) is 19.1 Å². The third-order valence-electron chi connectivity index (χ3n) is 3.60. The van der Waals surface area contributed by atoms with Gasteiger partial charge in [0.15, 0.2) is 0 Å². The van der Waals surface area contributed by atoms with Gasteiger partial charge in [0.2, 0.25) is 10.0 Å². The smallest absolute Gasteiger partial charge is 0.241 e. The summed E-state index contributed by atoms with van der Waals surface area (Å²) in [6, 6.07) is 12.3. The van der Waals surface area contributed by atoms with Crippen LogP contribution in [-0.4, -0.2) is 13.4 Å². The second-order valence-electron chi connectivity index (χ2n) is 5.41. The first-order chi connectivity index (χ1) is 12.3. The zero-order valence-corrected chi connectivity index (χ0v) is 17.4. The lowest BCUT2D eigenvalue weighted by molar-refractivity contribution is 0.581. The van der Waals surface area contributed by atoms with Crippen LogP contribution in [0.5, 0.6) is 0 Å². The number of benzene rings is 2. The van der Waals surface area contributed by atoms with Crippen molar-refractivity contribution in [3.05, 3.63) is 68.1 Å². The minimum atomic E-state index is -3.85. The summed E-state index contributed by atoms with van der Waals surface area (Å²) in [5, 5.41) is 1.17. The highest BCUT2D eigenvalue weighted by Crippen LogP contribution is 2.32. The Morgan fingerprint density at radius 2 is 1.69 bits per heavy atom. The van der Waals surface area contributed by atoms with Crippen molar-refractivity contribution in [2.24, 2.45) is 0 Å². The van der Waals surface area contributed by atoms with Crippen molar-refractivity contribution < 1.29 is 8.42 Å². The van der Waals surface area contributed by atoms with Crippen LogP contribution in [0.25, 0.3) is 10.6 Å². The van der Waals surface area contributed by atoms with Gasteiger partial charge < -0.3 is 0 Å². The van der Waals surface area contributed by atoms with E-state index in [-0.39, 0.29) is 26.5 Å². The molecule has 0 radical (unpaired) electrons. The van der Waals surface area contributed by atoms with E-state index in [4.69, 9.17) is 34.8 Å². The molecule has 0 amide bonds. The van der Waals surface area contributed by atoms with Crippen LogP contribution in [0.3, 0.4) is 0 Å². The maximum Gasteiger partial charge on any atom is 0.242 e. The van der Waals surface area contributed by atoms with Gasteiger partial charge in [0, 0.05) is 17.0 Å². The molecule has 3 rings (SSSR count). The number of aromatic nitrogens is 1. The Hall–Kier alpha value is -1.15. The molecular weight excluding hydrogens is 435 g/mol. The van der Waals surface area contributed by atoms with Gasteiger partial charge in [0.05, 0.1) is 20.8 Å². The summed E-state index contributed by atoms with van der Waals surface area (Å²) in [7, 11) is -3.85. The summed E-state index contributed by atoms with van der Waals surface area (Å²) < 4.78 is 27.7. The number of thiazole rings is 1. The van der Waals surface area contributed by atoms with Crippen LogP contribution in [0.4, 0.5) is 0 Å². The van der Waals surface area contributed by atoms with Gasteiger partial charge in [-0.3, -0.25) is 0 Å². The molecule has 0 aliphatic heterocycles. The highest BCUT2D eigenvalue weighted by molar-refractivity contribution is 7.89. The molecule has 136 valence electrons. The van der Waals surface area contributed by atoms with Crippen molar-refractivity contribution in [1.82, 2.24) is 9.71 Å². The fourth-order valence-corrected chi connectivity index (χ4v) is 5.34. The molecule has 0 bridgehead atoms. The molecular formula is C17H13Cl3N2O2S2. The van der Waals surface area contributed by atoms with E-state index in [1.165, 1.54) is 23.5 Å². The molecule has 9 heteroatoms. The summed E-state index contributed by atoms with van der Waals surface area (Å²) in [6.07, 6.45) is 0. The number of nitrogens with zero attached hydrogens (tertiary/aromatic N) is 1. The Bertz CT molecular complexity index is 1050. The van der Waals surface area contributed by atoms with Crippen LogP contribution in [0.2, 0.25) is 15.1 Å². The second-order valence-corrected chi connectivity index (χ2v) is 9.46. The Morgan fingerprint density at radius 1 is 1.04 bits per heavy atom. The third kappa shape index (κ3) is 4.22. The summed E-state index contributed by atoms with van der Waals surface area (Å²) in [5.41, 5.74) is 1.76. The Morgan fingerprint density at radius 3 is 2.38 bits per heavy atom. The van der Waals surface area contributed by atoms with Gasteiger partial charge in [0.1, 0.15) is 9.90 Å². The van der Waals surface area contributed by atoms with Crippen molar-refractivity contribution in [2.75, 3.05) is 0 Å². The monoisotopic (exact) mass is 446 g/mol. The first kappa shape index (κ1) is 19.6. The Labute approximate surface area is 170 Å². The summed E-state index contributed by atoms with van der Waals surface area (Å²) in [6.45, 7) is 1.95. The first-order valence-corrected chi connectivity index (χ1v) is 10.9. The third-order valence-corrected chi connectivity index (χ3v) is 7.40. The number of hydrogen-bond acceptors (Lipinski definition) is 4. The topological polar surface area (TPSA) is 59.1 Å². The van der Waals surface area contributed by atoms with Crippen LogP contribution in [0.15, 0.2) is 47.4 Å². The predicted octanol–water partition coefficient (Wildman–Crippen LogP) is 5.56. The van der Waals surface area contributed by atoms with E-state index >= 15 is 0 Å². The average molecular weight is 448 g/mol. The largest absolute Gasteiger partial charge is 0.242 e. The number of halogens is 3. The van der Waals surface area contributed by atoms with E-state index in [2.05, 4.69) is 9.71 Å². The Balaban J connectivity index is 1.83. The van der Waals surface area contributed by atoms with E-state index < -0.39 is 10.0 Å². The van der Waals surface area contributed by atoms with Crippen molar-refractivity contribution in [1.29, 1.82) is 0 Å². The van der Waals surface area contributed by atoms with Crippen molar-refractivity contribution in [3.8, 4) is 10.6 Å². The fraction of sp³-hybridized carbons (Fsp3) is 0.118. The zero-order chi connectivity index (χ0) is 18.9. The zero-order valence-electron chi connectivity index (χ0n) is 13.5. The number of sulfonamides is 1. The average Bonchev–Trinajstić information content (AvgIpc) is 2.98. The normalized spacial score (nSPS) is 11.7. The maximum absolute atomic E-state index is 12.6. The van der Waals surface area contributed by atoms with Gasteiger partial charge in [-0.2, -0.15) is 0 Å². The molecule has 0 unspecified atom stereocenters. The molecule has 0 atom stereocenters. The molecule has 0 saturated carbocycles. The molecule has 0 spiro atoms. The lowest BCUT2D eigenvalue weighted by atomic mass is 10.2. The molecule has 4 nitrogen and oxygen atoms in total. The molecule has 0 aliphatic rings. The van der Waals surface area contributed by atoms with Crippen molar-refractivity contribution >= 4 is 56.2 Å². The molecule has 1 N–H and O–H groups in total. The summed E-state index contributed by atoms with van der Waals surface area (Å²) in [4.78, 5) is 5.23.